The van der Waals surface area contributed by atoms with Crippen LogP contribution in [-0.2, 0) is 0 Å². The fourth-order valence-corrected chi connectivity index (χ4v) is 1.68. The molecule has 0 aliphatic rings. The van der Waals surface area contributed by atoms with E-state index in [1.165, 1.54) is 0 Å². The third-order valence-corrected chi connectivity index (χ3v) is 2.42. The van der Waals surface area contributed by atoms with Gasteiger partial charge in [0.1, 0.15) is 0 Å². The lowest BCUT2D eigenvalue weighted by Gasteiger charge is -2.12. The summed E-state index contributed by atoms with van der Waals surface area (Å²) in [4.78, 5) is 0. The van der Waals surface area contributed by atoms with Crippen LogP contribution in [0.15, 0.2) is 42.5 Å². The zero-order chi connectivity index (χ0) is 11.4. The van der Waals surface area contributed by atoms with Gasteiger partial charge in [-0.05, 0) is 23.8 Å². The Hall–Kier alpha value is -1.96. The molecule has 81 valence electrons. The van der Waals surface area contributed by atoms with Crippen LogP contribution in [0.1, 0.15) is 0 Å². The second kappa shape index (κ2) is 4.71. The largest absolute Gasteiger partial charge is 0.493 e. The van der Waals surface area contributed by atoms with Crippen molar-refractivity contribution in [1.82, 2.24) is 0 Å². The fourth-order valence-electron chi connectivity index (χ4n) is 1.68. The van der Waals surface area contributed by atoms with Gasteiger partial charge in [0.2, 0.25) is 0 Å². The van der Waals surface area contributed by atoms with Crippen LogP contribution in [0.25, 0.3) is 11.1 Å². The van der Waals surface area contributed by atoms with Crippen molar-refractivity contribution >= 4 is 0 Å². The van der Waals surface area contributed by atoms with Gasteiger partial charge >= 0.3 is 0 Å². The Kier molecular flexibility index (Phi) is 3.10. The van der Waals surface area contributed by atoms with Crippen molar-refractivity contribution in [2.75, 3.05) is 14.2 Å². The lowest BCUT2D eigenvalue weighted by Crippen LogP contribution is -1.92. The summed E-state index contributed by atoms with van der Waals surface area (Å²) in [7, 11) is 3.28. The molecule has 1 radical (unpaired) electrons. The highest BCUT2D eigenvalue weighted by atomic mass is 16.5. The quantitative estimate of drug-likeness (QED) is 0.779. The van der Waals surface area contributed by atoms with E-state index >= 15 is 0 Å². The van der Waals surface area contributed by atoms with Crippen LogP contribution in [0, 0.1) is 6.07 Å². The van der Waals surface area contributed by atoms with Crippen LogP contribution in [0.3, 0.4) is 0 Å². The van der Waals surface area contributed by atoms with Crippen molar-refractivity contribution in [1.29, 1.82) is 0 Å². The Morgan fingerprint density at radius 3 is 2.50 bits per heavy atom. The van der Waals surface area contributed by atoms with Crippen LogP contribution in [0.5, 0.6) is 11.5 Å². The van der Waals surface area contributed by atoms with Gasteiger partial charge in [-0.15, -0.1) is 0 Å². The van der Waals surface area contributed by atoms with E-state index < -0.39 is 0 Å². The smallest absolute Gasteiger partial charge is 0.168 e. The van der Waals surface area contributed by atoms with Crippen LogP contribution in [-0.4, -0.2) is 14.2 Å². The van der Waals surface area contributed by atoms with Gasteiger partial charge in [-0.3, -0.25) is 0 Å². The molecule has 16 heavy (non-hydrogen) atoms. The number of hydrogen-bond acceptors (Lipinski definition) is 2. The average molecular weight is 213 g/mol. The minimum Gasteiger partial charge on any atom is -0.493 e. The van der Waals surface area contributed by atoms with Crippen LogP contribution in [0.4, 0.5) is 0 Å². The standard InChI is InChI=1S/C14H13O2/c1-15-13-10-6-9-12(14(13)16-2)11-7-4-3-5-8-11/h3-4,6-10H,1-2H3. The predicted molar refractivity (Wildman–Crippen MR) is 63.8 cm³/mol. The summed E-state index contributed by atoms with van der Waals surface area (Å²) in [5.41, 5.74) is 2.08. The summed E-state index contributed by atoms with van der Waals surface area (Å²) in [6.07, 6.45) is 0. The summed E-state index contributed by atoms with van der Waals surface area (Å²) in [6, 6.07) is 16.7. The Morgan fingerprint density at radius 2 is 1.88 bits per heavy atom. The molecule has 0 amide bonds. The number of ether oxygens (including phenoxy) is 2. The fraction of sp³-hybridized carbons (Fsp3) is 0.143. The second-order valence-electron chi connectivity index (χ2n) is 3.33. The highest BCUT2D eigenvalue weighted by Gasteiger charge is 2.10. The topological polar surface area (TPSA) is 18.5 Å². The molecule has 0 spiro atoms. The van der Waals surface area contributed by atoms with E-state index in [2.05, 4.69) is 6.07 Å². The first-order valence-corrected chi connectivity index (χ1v) is 5.04. The van der Waals surface area contributed by atoms with Gasteiger partial charge < -0.3 is 9.47 Å². The third kappa shape index (κ3) is 1.87. The summed E-state index contributed by atoms with van der Waals surface area (Å²) in [5.74, 6) is 1.49. The maximum atomic E-state index is 5.38. The molecule has 2 heteroatoms. The van der Waals surface area contributed by atoms with E-state index in [0.717, 1.165) is 22.6 Å². The van der Waals surface area contributed by atoms with Crippen molar-refractivity contribution in [3.05, 3.63) is 48.5 Å². The van der Waals surface area contributed by atoms with Crippen LogP contribution in [0.2, 0.25) is 0 Å². The molecule has 0 fully saturated rings. The van der Waals surface area contributed by atoms with E-state index in [1.807, 2.05) is 42.5 Å². The highest BCUT2D eigenvalue weighted by Crippen LogP contribution is 2.37. The predicted octanol–water partition coefficient (Wildman–Crippen LogP) is 3.17. The summed E-state index contributed by atoms with van der Waals surface area (Å²) >= 11 is 0. The average Bonchev–Trinajstić information content (AvgIpc) is 2.38. The molecule has 2 aromatic rings. The molecule has 0 bridgehead atoms. The SMILES string of the molecule is COc1cccc(-c2c[c]ccc2)c1OC. The van der Waals surface area contributed by atoms with Gasteiger partial charge in [0.25, 0.3) is 0 Å². The molecule has 0 saturated carbocycles. The van der Waals surface area contributed by atoms with Gasteiger partial charge in [-0.1, -0.05) is 30.3 Å². The molecular weight excluding hydrogens is 200 g/mol. The molecule has 2 rings (SSSR count). The van der Waals surface area contributed by atoms with Gasteiger partial charge in [0, 0.05) is 5.56 Å². The zero-order valence-corrected chi connectivity index (χ0v) is 9.36. The Labute approximate surface area is 95.4 Å². The Bertz CT molecular complexity index is 463. The molecule has 0 aliphatic carbocycles. The number of benzene rings is 2. The van der Waals surface area contributed by atoms with Gasteiger partial charge in [-0.2, -0.15) is 0 Å². The van der Waals surface area contributed by atoms with E-state index in [4.69, 9.17) is 9.47 Å². The number of hydrogen-bond donors (Lipinski definition) is 0. The van der Waals surface area contributed by atoms with Crippen molar-refractivity contribution in [2.45, 2.75) is 0 Å². The Morgan fingerprint density at radius 1 is 1.00 bits per heavy atom. The first-order chi connectivity index (χ1) is 7.86. The first-order valence-electron chi connectivity index (χ1n) is 5.04. The van der Waals surface area contributed by atoms with Crippen LogP contribution < -0.4 is 9.47 Å². The minimum atomic E-state index is 0.740. The van der Waals surface area contributed by atoms with Crippen LogP contribution >= 0.6 is 0 Å². The summed E-state index contributed by atoms with van der Waals surface area (Å²) < 4.78 is 10.6. The van der Waals surface area contributed by atoms with E-state index in [0.29, 0.717) is 0 Å². The summed E-state index contributed by atoms with van der Waals surface area (Å²) in [5, 5.41) is 0. The van der Waals surface area contributed by atoms with Gasteiger partial charge in [-0.25, -0.2) is 0 Å². The van der Waals surface area contributed by atoms with E-state index in [-0.39, 0.29) is 0 Å². The van der Waals surface area contributed by atoms with E-state index in [9.17, 15) is 0 Å². The molecule has 0 saturated heterocycles. The maximum Gasteiger partial charge on any atom is 0.168 e. The number of rotatable bonds is 3. The van der Waals surface area contributed by atoms with Crippen molar-refractivity contribution in [3.63, 3.8) is 0 Å². The molecule has 0 unspecified atom stereocenters. The number of methoxy groups -OCH3 is 2. The molecule has 2 aromatic carbocycles. The molecule has 0 atom stereocenters. The lowest BCUT2D eigenvalue weighted by atomic mass is 10.0. The van der Waals surface area contributed by atoms with Crippen molar-refractivity contribution in [3.8, 4) is 22.6 Å². The first kappa shape index (κ1) is 10.6. The molecule has 2 nitrogen and oxygen atoms in total. The minimum absolute atomic E-state index is 0.740. The molecule has 0 N–H and O–H groups in total. The van der Waals surface area contributed by atoms with Gasteiger partial charge in [0.05, 0.1) is 14.2 Å². The van der Waals surface area contributed by atoms with Crippen molar-refractivity contribution in [2.24, 2.45) is 0 Å². The van der Waals surface area contributed by atoms with Gasteiger partial charge in [0.15, 0.2) is 11.5 Å². The highest BCUT2D eigenvalue weighted by molar-refractivity contribution is 5.73. The lowest BCUT2D eigenvalue weighted by molar-refractivity contribution is 0.356. The number of para-hydroxylation sites is 1. The third-order valence-electron chi connectivity index (χ3n) is 2.42. The van der Waals surface area contributed by atoms with Crippen molar-refractivity contribution < 1.29 is 9.47 Å². The monoisotopic (exact) mass is 213 g/mol. The molecular formula is C14H13O2. The molecule has 0 aliphatic heterocycles. The normalized spacial score (nSPS) is 9.88. The second-order valence-corrected chi connectivity index (χ2v) is 3.33. The zero-order valence-electron chi connectivity index (χ0n) is 9.36. The Balaban J connectivity index is 2.57. The molecule has 0 heterocycles. The summed E-state index contributed by atoms with van der Waals surface area (Å²) in [6.45, 7) is 0. The maximum absolute atomic E-state index is 5.38. The van der Waals surface area contributed by atoms with E-state index in [1.54, 1.807) is 14.2 Å². The molecule has 0 aromatic heterocycles.